The molecule has 6 heteroatoms. The van der Waals surface area contributed by atoms with Crippen LogP contribution in [-0.2, 0) is 6.54 Å². The van der Waals surface area contributed by atoms with Gasteiger partial charge >= 0.3 is 0 Å². The molecule has 0 saturated heterocycles. The number of hydrogen-bond acceptors (Lipinski definition) is 3. The maximum Gasteiger partial charge on any atom is 0.255 e. The summed E-state index contributed by atoms with van der Waals surface area (Å²) in [6.45, 7) is 2.48. The number of aromatic nitrogens is 1. The highest BCUT2D eigenvalue weighted by Crippen LogP contribution is 2.23. The van der Waals surface area contributed by atoms with Gasteiger partial charge < -0.3 is 4.90 Å². The van der Waals surface area contributed by atoms with Crippen molar-refractivity contribution < 1.29 is 4.79 Å². The number of carbonyl (C=O) groups excluding carboxylic acids is 1. The van der Waals surface area contributed by atoms with Crippen LogP contribution in [0.1, 0.15) is 20.9 Å². The molecule has 0 saturated carbocycles. The van der Waals surface area contributed by atoms with Crippen LogP contribution in [-0.4, -0.2) is 22.8 Å². The first-order chi connectivity index (χ1) is 8.99. The molecule has 0 fully saturated rings. The first kappa shape index (κ1) is 14.5. The number of benzene rings is 1. The van der Waals surface area contributed by atoms with E-state index in [1.807, 2.05) is 13.0 Å². The molecule has 0 aliphatic carbocycles. The predicted molar refractivity (Wildman–Crippen MR) is 81.8 cm³/mol. The molecule has 1 heterocycles. The number of rotatable bonds is 3. The van der Waals surface area contributed by atoms with Gasteiger partial charge in [-0.05, 0) is 25.1 Å². The van der Waals surface area contributed by atoms with E-state index in [1.165, 1.54) is 0 Å². The summed E-state index contributed by atoms with van der Waals surface area (Å²) in [6, 6.07) is 5.26. The maximum absolute atomic E-state index is 12.4. The van der Waals surface area contributed by atoms with Crippen LogP contribution in [0, 0.1) is 6.92 Å². The van der Waals surface area contributed by atoms with Crippen LogP contribution in [0.3, 0.4) is 0 Å². The van der Waals surface area contributed by atoms with Crippen LogP contribution in [0.2, 0.25) is 5.02 Å². The molecule has 1 aromatic heterocycles. The van der Waals surface area contributed by atoms with E-state index in [0.717, 1.165) is 15.0 Å². The van der Waals surface area contributed by atoms with Crippen molar-refractivity contribution in [2.45, 2.75) is 13.5 Å². The lowest BCUT2D eigenvalue weighted by atomic mass is 10.2. The Hall–Kier alpha value is -0.910. The number of amides is 1. The second kappa shape index (κ2) is 6.03. The third kappa shape index (κ3) is 3.35. The van der Waals surface area contributed by atoms with Gasteiger partial charge in [0.05, 0.1) is 28.3 Å². The third-order valence-corrected chi connectivity index (χ3v) is 4.47. The lowest BCUT2D eigenvalue weighted by Gasteiger charge is -2.17. The van der Waals surface area contributed by atoms with E-state index in [-0.39, 0.29) is 5.91 Å². The van der Waals surface area contributed by atoms with E-state index in [1.54, 1.807) is 40.9 Å². The van der Waals surface area contributed by atoms with Gasteiger partial charge in [-0.25, -0.2) is 4.98 Å². The standard InChI is InChI=1S/C13H12BrClN2OS/c1-8-12(19-7-16-8)6-17(2)13(18)10-5-9(14)3-4-11(10)15/h3-5,7H,6H2,1-2H3. The predicted octanol–water partition coefficient (Wildman–Crippen LogP) is 4.14. The SMILES string of the molecule is Cc1ncsc1CN(C)C(=O)c1cc(Br)ccc1Cl. The molecule has 19 heavy (non-hydrogen) atoms. The molecule has 0 radical (unpaired) electrons. The summed E-state index contributed by atoms with van der Waals surface area (Å²) < 4.78 is 0.836. The number of hydrogen-bond donors (Lipinski definition) is 0. The molecule has 100 valence electrons. The van der Waals surface area contributed by atoms with Crippen LogP contribution in [0.25, 0.3) is 0 Å². The molecule has 0 spiro atoms. The van der Waals surface area contributed by atoms with Gasteiger partial charge in [0.1, 0.15) is 0 Å². The highest BCUT2D eigenvalue weighted by Gasteiger charge is 2.17. The molecule has 0 aliphatic heterocycles. The third-order valence-electron chi connectivity index (χ3n) is 2.73. The first-order valence-electron chi connectivity index (χ1n) is 5.58. The Balaban J connectivity index is 2.19. The summed E-state index contributed by atoms with van der Waals surface area (Å²) in [5.41, 5.74) is 3.25. The quantitative estimate of drug-likeness (QED) is 0.825. The van der Waals surface area contributed by atoms with Gasteiger partial charge in [-0.1, -0.05) is 27.5 Å². The minimum absolute atomic E-state index is 0.0981. The van der Waals surface area contributed by atoms with Gasteiger partial charge in [0, 0.05) is 16.4 Å². The molecular formula is C13H12BrClN2OS. The average molecular weight is 360 g/mol. The molecule has 2 aromatic rings. The highest BCUT2D eigenvalue weighted by atomic mass is 79.9. The second-order valence-electron chi connectivity index (χ2n) is 4.15. The summed E-state index contributed by atoms with van der Waals surface area (Å²) in [5, 5.41) is 0.459. The number of thiazole rings is 1. The molecule has 1 amide bonds. The van der Waals surface area contributed by atoms with Gasteiger partial charge in [0.2, 0.25) is 0 Å². The van der Waals surface area contributed by atoms with Gasteiger partial charge in [-0.2, -0.15) is 0 Å². The Kier molecular flexibility index (Phi) is 4.60. The van der Waals surface area contributed by atoms with Crippen molar-refractivity contribution in [3.05, 3.63) is 49.3 Å². The number of aryl methyl sites for hydroxylation is 1. The fourth-order valence-corrected chi connectivity index (χ4v) is 3.02. The molecule has 0 atom stereocenters. The summed E-state index contributed by atoms with van der Waals surface area (Å²) in [5.74, 6) is -0.0981. The van der Waals surface area contributed by atoms with Crippen molar-refractivity contribution in [1.29, 1.82) is 0 Å². The fourth-order valence-electron chi connectivity index (χ4n) is 1.63. The summed E-state index contributed by atoms with van der Waals surface area (Å²) in [4.78, 5) is 19.3. The van der Waals surface area contributed by atoms with Gasteiger partial charge in [-0.3, -0.25) is 4.79 Å². The molecule has 0 bridgehead atoms. The van der Waals surface area contributed by atoms with E-state index >= 15 is 0 Å². The van der Waals surface area contributed by atoms with E-state index < -0.39 is 0 Å². The maximum atomic E-state index is 12.4. The van der Waals surface area contributed by atoms with E-state index in [4.69, 9.17) is 11.6 Å². The molecule has 1 aromatic carbocycles. The summed E-state index contributed by atoms with van der Waals surface area (Å²) >= 11 is 11.0. The van der Waals surface area contributed by atoms with Crippen molar-refractivity contribution >= 4 is 44.8 Å². The van der Waals surface area contributed by atoms with Crippen molar-refractivity contribution in [2.24, 2.45) is 0 Å². The summed E-state index contributed by atoms with van der Waals surface area (Å²) in [7, 11) is 1.76. The minimum atomic E-state index is -0.0981. The number of nitrogens with zero attached hydrogens (tertiary/aromatic N) is 2. The normalized spacial score (nSPS) is 10.5. The largest absolute Gasteiger partial charge is 0.336 e. The Morgan fingerprint density at radius 2 is 2.26 bits per heavy atom. The molecule has 0 N–H and O–H groups in total. The molecule has 2 rings (SSSR count). The van der Waals surface area contributed by atoms with E-state index in [0.29, 0.717) is 17.1 Å². The average Bonchev–Trinajstić information content (AvgIpc) is 2.77. The molecular weight excluding hydrogens is 348 g/mol. The van der Waals surface area contributed by atoms with Crippen molar-refractivity contribution in [2.75, 3.05) is 7.05 Å². The minimum Gasteiger partial charge on any atom is -0.336 e. The number of carbonyl (C=O) groups is 1. The Morgan fingerprint density at radius 3 is 2.89 bits per heavy atom. The van der Waals surface area contributed by atoms with Crippen molar-refractivity contribution in [3.63, 3.8) is 0 Å². The first-order valence-corrected chi connectivity index (χ1v) is 7.63. The van der Waals surface area contributed by atoms with Gasteiger partial charge in [0.25, 0.3) is 5.91 Å². The zero-order valence-corrected chi connectivity index (χ0v) is 13.6. The Bertz CT molecular complexity index is 614. The summed E-state index contributed by atoms with van der Waals surface area (Å²) in [6.07, 6.45) is 0. The number of halogens is 2. The van der Waals surface area contributed by atoms with Crippen LogP contribution < -0.4 is 0 Å². The van der Waals surface area contributed by atoms with Crippen LogP contribution in [0.5, 0.6) is 0 Å². The fraction of sp³-hybridized carbons (Fsp3) is 0.231. The monoisotopic (exact) mass is 358 g/mol. The van der Waals surface area contributed by atoms with Crippen molar-refractivity contribution in [1.82, 2.24) is 9.88 Å². The van der Waals surface area contributed by atoms with Crippen molar-refractivity contribution in [3.8, 4) is 0 Å². The lowest BCUT2D eigenvalue weighted by molar-refractivity contribution is 0.0786. The smallest absolute Gasteiger partial charge is 0.255 e. The van der Waals surface area contributed by atoms with Crippen LogP contribution >= 0.6 is 38.9 Å². The Labute approximate surface area is 129 Å². The van der Waals surface area contributed by atoms with Crippen LogP contribution in [0.4, 0.5) is 0 Å². The Morgan fingerprint density at radius 1 is 1.53 bits per heavy atom. The van der Waals surface area contributed by atoms with Crippen LogP contribution in [0.15, 0.2) is 28.2 Å². The zero-order valence-electron chi connectivity index (χ0n) is 10.5. The van der Waals surface area contributed by atoms with Gasteiger partial charge in [0.15, 0.2) is 0 Å². The molecule has 0 unspecified atom stereocenters. The highest BCUT2D eigenvalue weighted by molar-refractivity contribution is 9.10. The topological polar surface area (TPSA) is 33.2 Å². The van der Waals surface area contributed by atoms with E-state index in [9.17, 15) is 4.79 Å². The lowest BCUT2D eigenvalue weighted by Crippen LogP contribution is -2.26. The molecule has 0 aliphatic rings. The van der Waals surface area contributed by atoms with Gasteiger partial charge in [-0.15, -0.1) is 11.3 Å². The second-order valence-corrected chi connectivity index (χ2v) is 6.41. The molecule has 3 nitrogen and oxygen atoms in total. The van der Waals surface area contributed by atoms with E-state index in [2.05, 4.69) is 20.9 Å². The zero-order chi connectivity index (χ0) is 14.0.